The molecular formula is C31H38N2O7. The first-order valence-corrected chi connectivity index (χ1v) is 14.1. The van der Waals surface area contributed by atoms with Crippen LogP contribution in [0.1, 0.15) is 69.8 Å². The summed E-state index contributed by atoms with van der Waals surface area (Å²) in [7, 11) is 1.39. The van der Waals surface area contributed by atoms with E-state index in [2.05, 4.69) is 10.3 Å². The highest BCUT2D eigenvalue weighted by Crippen LogP contribution is 2.62. The normalized spacial score (nSPS) is 26.8. The smallest absolute Gasteiger partial charge is 0.328 e. The van der Waals surface area contributed by atoms with Crippen LogP contribution < -0.4 is 19.5 Å². The minimum atomic E-state index is -0.984. The number of benzene rings is 1. The summed E-state index contributed by atoms with van der Waals surface area (Å²) in [4.78, 5) is 42.0. The summed E-state index contributed by atoms with van der Waals surface area (Å²) >= 11 is 0. The van der Waals surface area contributed by atoms with Gasteiger partial charge in [-0.3, -0.25) is 9.59 Å². The van der Waals surface area contributed by atoms with Gasteiger partial charge in [-0.05, 0) is 82.3 Å². The van der Waals surface area contributed by atoms with Gasteiger partial charge < -0.3 is 24.3 Å². The van der Waals surface area contributed by atoms with E-state index in [9.17, 15) is 14.4 Å². The Morgan fingerprint density at radius 3 is 2.17 bits per heavy atom. The lowest BCUT2D eigenvalue weighted by Crippen LogP contribution is -2.57. The number of carbonyl (C=O) groups is 3. The number of hydrogen-bond acceptors (Lipinski definition) is 8. The van der Waals surface area contributed by atoms with Gasteiger partial charge in [0.05, 0.1) is 7.11 Å². The highest BCUT2D eigenvalue weighted by Gasteiger charge is 2.57. The van der Waals surface area contributed by atoms with Gasteiger partial charge in [-0.2, -0.15) is 0 Å². The fourth-order valence-electron chi connectivity index (χ4n) is 7.56. The zero-order chi connectivity index (χ0) is 28.4. The lowest BCUT2D eigenvalue weighted by atomic mass is 9.47. The molecule has 0 radical (unpaired) electrons. The van der Waals surface area contributed by atoms with Gasteiger partial charge in [0.1, 0.15) is 24.0 Å². The molecule has 0 aliphatic heterocycles. The average Bonchev–Trinajstić information content (AvgIpc) is 2.91. The first-order chi connectivity index (χ1) is 19.2. The van der Waals surface area contributed by atoms with Crippen molar-refractivity contribution in [2.75, 3.05) is 7.11 Å². The van der Waals surface area contributed by atoms with Gasteiger partial charge in [0, 0.05) is 24.6 Å². The number of ether oxygens (including phenoxy) is 4. The molecule has 6 rings (SSSR count). The number of para-hydroxylation sites is 1. The Balaban J connectivity index is 1.31. The van der Waals surface area contributed by atoms with E-state index in [4.69, 9.17) is 18.9 Å². The molecule has 0 unspecified atom stereocenters. The van der Waals surface area contributed by atoms with Crippen molar-refractivity contribution in [1.29, 1.82) is 0 Å². The van der Waals surface area contributed by atoms with Crippen molar-refractivity contribution in [2.24, 2.45) is 23.2 Å². The van der Waals surface area contributed by atoms with Crippen LogP contribution in [0.3, 0.4) is 0 Å². The predicted octanol–water partition coefficient (Wildman–Crippen LogP) is 4.73. The van der Waals surface area contributed by atoms with E-state index in [-0.39, 0.29) is 28.7 Å². The third-order valence-electron chi connectivity index (χ3n) is 8.67. The molecule has 4 saturated carbocycles. The molecule has 3 atom stereocenters. The number of esters is 2. The molecule has 9 nitrogen and oxygen atoms in total. The molecule has 214 valence electrons. The molecule has 0 spiro atoms. The zero-order valence-corrected chi connectivity index (χ0v) is 23.6. The van der Waals surface area contributed by atoms with Crippen LogP contribution in [0.25, 0.3) is 0 Å². The molecule has 4 fully saturated rings. The standard InChI is InChI=1S/C31H38N2O7/c1-18(33-29(35)26-27(39-20(3)34)25(37-4)10-11-32-26)30(36)38-19(2)28(40-24-8-6-5-7-9-24)31-15-21-12-22(16-31)14-23(13-21)17-31/h5-11,18-19,21-23,28H,12-17H2,1-4H3,(H,33,35)/t18-,19-,21?,22?,23?,28-,31?/m0/s1. The fourth-order valence-corrected chi connectivity index (χ4v) is 7.56. The van der Waals surface area contributed by atoms with Gasteiger partial charge in [-0.1, -0.05) is 18.2 Å². The average molecular weight is 551 g/mol. The lowest BCUT2D eigenvalue weighted by Gasteiger charge is -2.59. The SMILES string of the molecule is COc1ccnc(C(=O)N[C@@H](C)C(=O)O[C@@H](C)[C@H](Oc2ccccc2)C23CC4CC(CC(C4)C2)C3)c1OC(C)=O. The van der Waals surface area contributed by atoms with E-state index in [0.29, 0.717) is 17.8 Å². The Hall–Kier alpha value is -3.62. The maximum absolute atomic E-state index is 13.3. The maximum atomic E-state index is 13.3. The summed E-state index contributed by atoms with van der Waals surface area (Å²) in [6.07, 6.45) is 7.68. The minimum Gasteiger partial charge on any atom is -0.493 e. The number of aromatic nitrogens is 1. The number of nitrogens with one attached hydrogen (secondary N) is 1. The maximum Gasteiger partial charge on any atom is 0.328 e. The van der Waals surface area contributed by atoms with Crippen LogP contribution in [-0.4, -0.2) is 48.2 Å². The van der Waals surface area contributed by atoms with Gasteiger partial charge in [-0.25, -0.2) is 9.78 Å². The molecule has 2 aromatic rings. The summed E-state index contributed by atoms with van der Waals surface area (Å²) in [6.45, 7) is 4.66. The number of hydrogen-bond donors (Lipinski definition) is 1. The van der Waals surface area contributed by atoms with Crippen LogP contribution >= 0.6 is 0 Å². The van der Waals surface area contributed by atoms with Crippen molar-refractivity contribution in [3.8, 4) is 17.2 Å². The topological polar surface area (TPSA) is 113 Å². The Morgan fingerprint density at radius 2 is 1.60 bits per heavy atom. The minimum absolute atomic E-state index is 0.0415. The van der Waals surface area contributed by atoms with Crippen molar-refractivity contribution in [3.63, 3.8) is 0 Å². The second kappa shape index (κ2) is 11.5. The van der Waals surface area contributed by atoms with Crippen LogP contribution in [-0.2, 0) is 14.3 Å². The van der Waals surface area contributed by atoms with E-state index < -0.39 is 30.0 Å². The molecule has 9 heteroatoms. The highest BCUT2D eigenvalue weighted by atomic mass is 16.6. The van der Waals surface area contributed by atoms with Crippen LogP contribution in [0.15, 0.2) is 42.6 Å². The van der Waals surface area contributed by atoms with Crippen LogP contribution in [0, 0.1) is 23.2 Å². The Kier molecular flexibility index (Phi) is 8.01. The molecular weight excluding hydrogens is 512 g/mol. The summed E-state index contributed by atoms with van der Waals surface area (Å²) in [6, 6.07) is 10.2. The second-order valence-corrected chi connectivity index (χ2v) is 11.8. The fraction of sp³-hybridized carbons (Fsp3) is 0.548. The Bertz CT molecular complexity index is 1210. The van der Waals surface area contributed by atoms with Crippen molar-refractivity contribution in [3.05, 3.63) is 48.3 Å². The largest absolute Gasteiger partial charge is 0.493 e. The van der Waals surface area contributed by atoms with Crippen molar-refractivity contribution in [2.45, 2.75) is 77.5 Å². The number of amides is 1. The third-order valence-corrected chi connectivity index (χ3v) is 8.67. The molecule has 40 heavy (non-hydrogen) atoms. The molecule has 1 amide bonds. The van der Waals surface area contributed by atoms with Crippen molar-refractivity contribution >= 4 is 17.8 Å². The second-order valence-electron chi connectivity index (χ2n) is 11.8. The van der Waals surface area contributed by atoms with Crippen molar-refractivity contribution in [1.82, 2.24) is 10.3 Å². The first kappa shape index (κ1) is 27.9. The molecule has 0 saturated heterocycles. The molecule has 1 heterocycles. The molecule has 4 aliphatic rings. The van der Waals surface area contributed by atoms with E-state index >= 15 is 0 Å². The summed E-state index contributed by atoms with van der Waals surface area (Å²) < 4.78 is 23.0. The Morgan fingerprint density at radius 1 is 0.975 bits per heavy atom. The van der Waals surface area contributed by atoms with Gasteiger partial charge >= 0.3 is 11.9 Å². The first-order valence-electron chi connectivity index (χ1n) is 14.1. The van der Waals surface area contributed by atoms with Crippen LogP contribution in [0.2, 0.25) is 0 Å². The molecule has 4 bridgehead atoms. The number of methoxy groups -OCH3 is 1. The van der Waals surface area contributed by atoms with Gasteiger partial charge in [0.15, 0.2) is 11.4 Å². The lowest BCUT2D eigenvalue weighted by molar-refractivity contribution is -0.173. The van der Waals surface area contributed by atoms with Crippen LogP contribution in [0.5, 0.6) is 17.2 Å². The number of carbonyl (C=O) groups excluding carboxylic acids is 3. The van der Waals surface area contributed by atoms with E-state index in [1.54, 1.807) is 6.92 Å². The summed E-state index contributed by atoms with van der Waals surface area (Å²) in [5.41, 5.74) is -0.207. The number of pyridine rings is 1. The molecule has 1 N–H and O–H groups in total. The molecule has 4 aliphatic carbocycles. The quantitative estimate of drug-likeness (QED) is 0.423. The zero-order valence-electron chi connectivity index (χ0n) is 23.6. The number of rotatable bonds is 10. The molecule has 1 aromatic carbocycles. The van der Waals surface area contributed by atoms with Gasteiger partial charge in [0.2, 0.25) is 5.75 Å². The van der Waals surface area contributed by atoms with E-state index in [1.807, 2.05) is 37.3 Å². The predicted molar refractivity (Wildman–Crippen MR) is 146 cm³/mol. The highest BCUT2D eigenvalue weighted by molar-refractivity contribution is 5.98. The monoisotopic (exact) mass is 550 g/mol. The van der Waals surface area contributed by atoms with Crippen molar-refractivity contribution < 1.29 is 33.3 Å². The van der Waals surface area contributed by atoms with Gasteiger partial charge in [-0.15, -0.1) is 0 Å². The van der Waals surface area contributed by atoms with E-state index in [0.717, 1.165) is 25.0 Å². The van der Waals surface area contributed by atoms with Gasteiger partial charge in [0.25, 0.3) is 5.91 Å². The number of nitrogens with zero attached hydrogens (tertiary/aromatic N) is 1. The van der Waals surface area contributed by atoms with Crippen LogP contribution in [0.4, 0.5) is 0 Å². The molecule has 1 aromatic heterocycles. The summed E-state index contributed by atoms with van der Waals surface area (Å²) in [5, 5.41) is 2.63. The van der Waals surface area contributed by atoms with E-state index in [1.165, 1.54) is 45.6 Å². The third kappa shape index (κ3) is 5.78. The Labute approximate surface area is 234 Å². The summed E-state index contributed by atoms with van der Waals surface area (Å²) in [5.74, 6) is 1.04.